The van der Waals surface area contributed by atoms with Crippen molar-refractivity contribution in [3.63, 3.8) is 0 Å². The molecule has 0 aliphatic rings. The molecule has 0 aliphatic heterocycles. The summed E-state index contributed by atoms with van der Waals surface area (Å²) in [5.41, 5.74) is 0. The standard InChI is InChI=1S/C43H81N2O6P/c1-6-8-10-12-14-15-16-17-18-19-20-21-22-23-24-25-26-27-28-29-31-33-35-37-43(47)44-41(42(46)36-34-32-30-13-11-9-7-2)40-51-52(48,49)50-39-38-45(3,4)5/h16-17,19-20,22-23,34,36,41-42,46H,6-15,18,21,24-33,35,37-40H2,1-5H3,(H-,44,47,48,49)/p+1/b17-16-,20-19-,23-22-,36-34+. The lowest BCUT2D eigenvalue weighted by atomic mass is 10.1. The molecular weight excluding hydrogens is 671 g/mol. The molecule has 3 N–H and O–H groups in total. The van der Waals surface area contributed by atoms with Crippen LogP contribution in [0.2, 0.25) is 0 Å². The molecular formula is C43H82N2O6P+. The number of hydrogen-bond acceptors (Lipinski definition) is 5. The van der Waals surface area contributed by atoms with Crippen LogP contribution >= 0.6 is 7.82 Å². The number of carbonyl (C=O) groups is 1. The van der Waals surface area contributed by atoms with Gasteiger partial charge >= 0.3 is 7.82 Å². The first-order valence-electron chi connectivity index (χ1n) is 21.0. The number of rotatable bonds is 37. The van der Waals surface area contributed by atoms with Gasteiger partial charge in [-0.15, -0.1) is 0 Å². The number of nitrogens with one attached hydrogen (secondary N) is 1. The van der Waals surface area contributed by atoms with Crippen LogP contribution in [0.5, 0.6) is 0 Å². The summed E-state index contributed by atoms with van der Waals surface area (Å²) < 4.78 is 23.4. The second-order valence-electron chi connectivity index (χ2n) is 15.4. The van der Waals surface area contributed by atoms with Gasteiger partial charge in [0.2, 0.25) is 5.91 Å². The van der Waals surface area contributed by atoms with Crippen LogP contribution in [0, 0.1) is 0 Å². The summed E-state index contributed by atoms with van der Waals surface area (Å²) in [7, 11) is 1.56. The van der Waals surface area contributed by atoms with E-state index < -0.39 is 20.0 Å². The summed E-state index contributed by atoms with van der Waals surface area (Å²) in [5, 5.41) is 13.7. The van der Waals surface area contributed by atoms with Crippen LogP contribution in [-0.4, -0.2) is 73.4 Å². The van der Waals surface area contributed by atoms with Crippen molar-refractivity contribution in [3.05, 3.63) is 48.6 Å². The maximum atomic E-state index is 12.8. The van der Waals surface area contributed by atoms with Crippen LogP contribution in [0.4, 0.5) is 0 Å². The number of hydrogen-bond donors (Lipinski definition) is 3. The molecule has 0 bridgehead atoms. The van der Waals surface area contributed by atoms with E-state index in [0.717, 1.165) is 57.8 Å². The Bertz CT molecular complexity index is 991. The highest BCUT2D eigenvalue weighted by Gasteiger charge is 2.27. The van der Waals surface area contributed by atoms with E-state index in [0.29, 0.717) is 17.4 Å². The second kappa shape index (κ2) is 35.2. The zero-order valence-corrected chi connectivity index (χ0v) is 35.2. The Kier molecular flexibility index (Phi) is 34.1. The summed E-state index contributed by atoms with van der Waals surface area (Å²) in [6, 6.07) is -0.848. The Hall–Kier alpha value is -1.54. The number of nitrogens with zero attached hydrogens (tertiary/aromatic N) is 1. The van der Waals surface area contributed by atoms with Crippen molar-refractivity contribution in [1.82, 2.24) is 5.32 Å². The number of quaternary nitrogens is 1. The summed E-state index contributed by atoms with van der Waals surface area (Å²) in [6.45, 7) is 4.71. The third-order valence-electron chi connectivity index (χ3n) is 9.04. The molecule has 0 aliphatic carbocycles. The molecule has 0 spiro atoms. The highest BCUT2D eigenvalue weighted by atomic mass is 31.2. The molecule has 1 amide bonds. The van der Waals surface area contributed by atoms with E-state index >= 15 is 0 Å². The number of allylic oxidation sites excluding steroid dienone is 7. The predicted octanol–water partition coefficient (Wildman–Crippen LogP) is 11.3. The van der Waals surface area contributed by atoms with Crippen LogP contribution < -0.4 is 5.32 Å². The van der Waals surface area contributed by atoms with Crippen molar-refractivity contribution in [3.8, 4) is 0 Å². The van der Waals surface area contributed by atoms with Crippen molar-refractivity contribution in [2.45, 2.75) is 180 Å². The van der Waals surface area contributed by atoms with Crippen LogP contribution in [0.15, 0.2) is 48.6 Å². The Morgan fingerprint density at radius 1 is 0.654 bits per heavy atom. The van der Waals surface area contributed by atoms with Crippen molar-refractivity contribution >= 4 is 13.7 Å². The number of amides is 1. The minimum absolute atomic E-state index is 0.0577. The monoisotopic (exact) mass is 754 g/mol. The molecule has 8 nitrogen and oxygen atoms in total. The minimum Gasteiger partial charge on any atom is -0.387 e. The number of phosphoric acid groups is 1. The quantitative estimate of drug-likeness (QED) is 0.0252. The van der Waals surface area contributed by atoms with Crippen LogP contribution in [0.25, 0.3) is 0 Å². The third kappa shape index (κ3) is 36.8. The number of unbranched alkanes of at least 4 members (excludes halogenated alkanes) is 18. The number of carbonyl (C=O) groups excluding carboxylic acids is 1. The largest absolute Gasteiger partial charge is 0.472 e. The van der Waals surface area contributed by atoms with E-state index in [1.807, 2.05) is 27.2 Å². The van der Waals surface area contributed by atoms with Gasteiger partial charge in [0.15, 0.2) is 0 Å². The molecule has 3 unspecified atom stereocenters. The Balaban J connectivity index is 4.23. The van der Waals surface area contributed by atoms with Gasteiger partial charge in [0, 0.05) is 6.42 Å². The van der Waals surface area contributed by atoms with E-state index in [2.05, 4.69) is 55.6 Å². The molecule has 0 heterocycles. The van der Waals surface area contributed by atoms with Crippen molar-refractivity contribution < 1.29 is 32.9 Å². The van der Waals surface area contributed by atoms with E-state index in [-0.39, 0.29) is 19.1 Å². The lowest BCUT2D eigenvalue weighted by Gasteiger charge is -2.25. The van der Waals surface area contributed by atoms with E-state index in [1.165, 1.54) is 89.9 Å². The Labute approximate surface area is 320 Å². The molecule has 0 rings (SSSR count). The van der Waals surface area contributed by atoms with Crippen molar-refractivity contribution in [2.75, 3.05) is 40.9 Å². The van der Waals surface area contributed by atoms with E-state index in [1.54, 1.807) is 6.08 Å². The highest BCUT2D eigenvalue weighted by Crippen LogP contribution is 2.43. The zero-order chi connectivity index (χ0) is 38.6. The molecule has 0 aromatic rings. The Morgan fingerprint density at radius 3 is 1.60 bits per heavy atom. The summed E-state index contributed by atoms with van der Waals surface area (Å²) >= 11 is 0. The normalized spacial score (nSPS) is 15.0. The number of phosphoric ester groups is 1. The van der Waals surface area contributed by atoms with Gasteiger partial charge in [-0.2, -0.15) is 0 Å². The SMILES string of the molecule is CCCCCCC/C=C\C/C=C\C/C=C\CCCCCCCCCCC(=O)NC(COP(=O)(O)OCC[N+](C)(C)C)C(O)/C=C/CCCCCCC. The molecule has 0 aromatic heterocycles. The highest BCUT2D eigenvalue weighted by molar-refractivity contribution is 7.47. The first-order chi connectivity index (χ1) is 25.0. The zero-order valence-electron chi connectivity index (χ0n) is 34.3. The van der Waals surface area contributed by atoms with Crippen LogP contribution in [0.1, 0.15) is 168 Å². The topological polar surface area (TPSA) is 105 Å². The molecule has 9 heteroatoms. The third-order valence-corrected chi connectivity index (χ3v) is 10.0. The maximum Gasteiger partial charge on any atom is 0.472 e. The first kappa shape index (κ1) is 50.5. The van der Waals surface area contributed by atoms with Crippen molar-refractivity contribution in [2.24, 2.45) is 0 Å². The van der Waals surface area contributed by atoms with Gasteiger partial charge in [0.1, 0.15) is 13.2 Å². The molecule has 0 aromatic carbocycles. The van der Waals surface area contributed by atoms with Crippen molar-refractivity contribution in [1.29, 1.82) is 0 Å². The fourth-order valence-corrected chi connectivity index (χ4v) is 6.37. The summed E-state index contributed by atoms with van der Waals surface area (Å²) in [6.07, 6.45) is 43.4. The average Bonchev–Trinajstić information content (AvgIpc) is 3.09. The van der Waals surface area contributed by atoms with Gasteiger partial charge in [0.25, 0.3) is 0 Å². The van der Waals surface area contributed by atoms with E-state index in [9.17, 15) is 19.4 Å². The average molecular weight is 754 g/mol. The Morgan fingerprint density at radius 2 is 1.10 bits per heavy atom. The summed E-state index contributed by atoms with van der Waals surface area (Å²) in [4.78, 5) is 23.0. The van der Waals surface area contributed by atoms with Crippen LogP contribution in [-0.2, 0) is 18.4 Å². The molecule has 3 atom stereocenters. The smallest absolute Gasteiger partial charge is 0.387 e. The lowest BCUT2D eigenvalue weighted by Crippen LogP contribution is -2.45. The first-order valence-corrected chi connectivity index (χ1v) is 22.5. The molecule has 0 saturated carbocycles. The van der Waals surface area contributed by atoms with E-state index in [4.69, 9.17) is 9.05 Å². The number of aliphatic hydroxyl groups is 1. The molecule has 0 fully saturated rings. The fraction of sp³-hybridized carbons (Fsp3) is 0.791. The number of likely N-dealkylation sites (N-methyl/N-ethyl adjacent to an activating group) is 1. The van der Waals surface area contributed by atoms with Gasteiger partial charge in [-0.25, -0.2) is 4.57 Å². The fourth-order valence-electron chi connectivity index (χ4n) is 5.63. The lowest BCUT2D eigenvalue weighted by molar-refractivity contribution is -0.870. The van der Waals surface area contributed by atoms with Gasteiger partial charge in [-0.3, -0.25) is 13.8 Å². The van der Waals surface area contributed by atoms with Gasteiger partial charge in [0.05, 0.1) is 39.9 Å². The molecule has 0 saturated heterocycles. The maximum absolute atomic E-state index is 12.8. The molecule has 0 radical (unpaired) electrons. The predicted molar refractivity (Wildman–Crippen MR) is 221 cm³/mol. The van der Waals surface area contributed by atoms with Gasteiger partial charge < -0.3 is 19.8 Å². The van der Waals surface area contributed by atoms with Gasteiger partial charge in [-0.1, -0.05) is 152 Å². The molecule has 52 heavy (non-hydrogen) atoms. The summed E-state index contributed by atoms with van der Waals surface area (Å²) in [5.74, 6) is -0.191. The van der Waals surface area contributed by atoms with Crippen LogP contribution in [0.3, 0.4) is 0 Å². The molecule has 304 valence electrons. The number of aliphatic hydroxyl groups excluding tert-OH is 1. The minimum atomic E-state index is -4.33. The second-order valence-corrected chi connectivity index (χ2v) is 16.8. The van der Waals surface area contributed by atoms with Gasteiger partial charge in [-0.05, 0) is 57.8 Å².